The lowest BCUT2D eigenvalue weighted by Crippen LogP contribution is -2.05. The van der Waals surface area contributed by atoms with Crippen molar-refractivity contribution in [2.45, 2.75) is 20.3 Å². The molecule has 0 fully saturated rings. The van der Waals surface area contributed by atoms with Crippen LogP contribution in [0.15, 0.2) is 35.7 Å². The van der Waals surface area contributed by atoms with Gasteiger partial charge >= 0.3 is 5.97 Å². The minimum Gasteiger partial charge on any atom is -0.481 e. The topological polar surface area (TPSA) is 50.2 Å². The smallest absolute Gasteiger partial charge is 0.307 e. The van der Waals surface area contributed by atoms with Gasteiger partial charge in [-0.3, -0.25) is 4.79 Å². The average Bonchev–Trinajstić information content (AvgIpc) is 2.88. The van der Waals surface area contributed by atoms with E-state index in [1.807, 2.05) is 49.6 Å². The molecule has 1 aromatic carbocycles. The molecular formula is C17H15NO2S. The molecule has 3 aromatic rings. The highest BCUT2D eigenvalue weighted by atomic mass is 32.1. The summed E-state index contributed by atoms with van der Waals surface area (Å²) in [4.78, 5) is 16.7. The Morgan fingerprint density at radius 1 is 1.19 bits per heavy atom. The van der Waals surface area contributed by atoms with Crippen LogP contribution in [0.4, 0.5) is 0 Å². The largest absolute Gasteiger partial charge is 0.481 e. The first-order chi connectivity index (χ1) is 10.1. The van der Waals surface area contributed by atoms with Gasteiger partial charge in [0.2, 0.25) is 0 Å². The quantitative estimate of drug-likeness (QED) is 0.788. The zero-order chi connectivity index (χ0) is 15.0. The summed E-state index contributed by atoms with van der Waals surface area (Å²) in [5, 5.41) is 12.2. The molecule has 4 heteroatoms. The highest BCUT2D eigenvalue weighted by Gasteiger charge is 2.17. The monoisotopic (exact) mass is 297 g/mol. The molecule has 0 aliphatic carbocycles. The third kappa shape index (κ3) is 2.54. The molecule has 2 aromatic heterocycles. The van der Waals surface area contributed by atoms with E-state index in [1.165, 1.54) is 5.56 Å². The number of fused-ring (bicyclic) bond motifs is 1. The zero-order valence-corrected chi connectivity index (χ0v) is 12.7. The number of carboxylic acid groups (broad SMARTS) is 1. The molecule has 0 saturated heterocycles. The van der Waals surface area contributed by atoms with Gasteiger partial charge in [0.25, 0.3) is 0 Å². The van der Waals surface area contributed by atoms with Gasteiger partial charge in [-0.15, -0.1) is 11.3 Å². The second-order valence-corrected chi connectivity index (χ2v) is 6.02. The van der Waals surface area contributed by atoms with Crippen LogP contribution in [0.2, 0.25) is 0 Å². The Bertz CT molecular complexity index is 819. The van der Waals surface area contributed by atoms with Crippen LogP contribution in [-0.2, 0) is 11.2 Å². The first-order valence-electron chi connectivity index (χ1n) is 6.72. The number of aliphatic carboxylic acids is 1. The van der Waals surface area contributed by atoms with E-state index in [-0.39, 0.29) is 6.42 Å². The normalized spacial score (nSPS) is 11.0. The van der Waals surface area contributed by atoms with Gasteiger partial charge in [-0.1, -0.05) is 29.8 Å². The summed E-state index contributed by atoms with van der Waals surface area (Å²) in [6.07, 6.45) is -0.00612. The molecule has 0 saturated carbocycles. The summed E-state index contributed by atoms with van der Waals surface area (Å²) in [5.74, 6) is -0.831. The van der Waals surface area contributed by atoms with Gasteiger partial charge in [0.05, 0.1) is 6.42 Å². The molecule has 1 N–H and O–H groups in total. The molecule has 0 spiro atoms. The number of carboxylic acids is 1. The van der Waals surface area contributed by atoms with E-state index in [2.05, 4.69) is 4.98 Å². The molecule has 21 heavy (non-hydrogen) atoms. The summed E-state index contributed by atoms with van der Waals surface area (Å²) >= 11 is 1.58. The van der Waals surface area contributed by atoms with Crippen molar-refractivity contribution in [1.29, 1.82) is 0 Å². The lowest BCUT2D eigenvalue weighted by atomic mass is 9.94. The lowest BCUT2D eigenvalue weighted by molar-refractivity contribution is -0.136. The molecule has 0 bridgehead atoms. The Labute approximate surface area is 126 Å². The molecule has 0 aliphatic heterocycles. The number of benzene rings is 1. The van der Waals surface area contributed by atoms with Crippen LogP contribution in [0.1, 0.15) is 16.8 Å². The second-order valence-electron chi connectivity index (χ2n) is 5.13. The van der Waals surface area contributed by atoms with Gasteiger partial charge in [-0.05, 0) is 42.0 Å². The van der Waals surface area contributed by atoms with Gasteiger partial charge in [0.1, 0.15) is 4.83 Å². The van der Waals surface area contributed by atoms with Crippen LogP contribution in [0.3, 0.4) is 0 Å². The molecule has 3 nitrogen and oxygen atoms in total. The van der Waals surface area contributed by atoms with Crippen LogP contribution in [0, 0.1) is 13.8 Å². The molecule has 2 heterocycles. The molecule has 0 atom stereocenters. The van der Waals surface area contributed by atoms with Crippen molar-refractivity contribution in [2.75, 3.05) is 0 Å². The number of hydrogen-bond donors (Lipinski definition) is 1. The predicted molar refractivity (Wildman–Crippen MR) is 85.9 cm³/mol. The average molecular weight is 297 g/mol. The van der Waals surface area contributed by atoms with Crippen LogP contribution >= 0.6 is 11.3 Å². The fourth-order valence-corrected chi connectivity index (χ4v) is 3.38. The Morgan fingerprint density at radius 3 is 2.57 bits per heavy atom. The lowest BCUT2D eigenvalue weighted by Gasteiger charge is -2.13. The molecule has 106 valence electrons. The number of rotatable bonds is 3. The fourth-order valence-electron chi connectivity index (χ4n) is 2.56. The minimum absolute atomic E-state index is 0.00612. The maximum absolute atomic E-state index is 11.2. The summed E-state index contributed by atoms with van der Waals surface area (Å²) in [6.45, 7) is 3.93. The van der Waals surface area contributed by atoms with Crippen molar-refractivity contribution in [2.24, 2.45) is 0 Å². The molecule has 0 amide bonds. The van der Waals surface area contributed by atoms with Crippen molar-refractivity contribution in [3.05, 3.63) is 52.5 Å². The van der Waals surface area contributed by atoms with Gasteiger partial charge in [-0.2, -0.15) is 0 Å². The van der Waals surface area contributed by atoms with Gasteiger partial charge in [0.15, 0.2) is 0 Å². The number of aryl methyl sites for hydroxylation is 2. The van der Waals surface area contributed by atoms with Gasteiger partial charge in [0, 0.05) is 11.1 Å². The van der Waals surface area contributed by atoms with Crippen molar-refractivity contribution >= 4 is 27.5 Å². The number of pyridine rings is 1. The number of nitrogens with zero attached hydrogens (tertiary/aromatic N) is 1. The number of carbonyl (C=O) groups is 1. The number of thiophene rings is 1. The molecular weight excluding hydrogens is 282 g/mol. The molecule has 0 aliphatic rings. The standard InChI is InChI=1S/C17H15NO2S/c1-10-3-5-12(6-4-10)16-13-7-8-21-17(13)18-11(2)14(16)9-15(19)20/h3-8H,9H2,1-2H3,(H,19,20). The SMILES string of the molecule is Cc1ccc(-c2c(CC(=O)O)c(C)nc3sccc23)cc1. The van der Waals surface area contributed by atoms with Crippen LogP contribution in [0.25, 0.3) is 21.3 Å². The van der Waals surface area contributed by atoms with E-state index < -0.39 is 5.97 Å². The highest BCUT2D eigenvalue weighted by molar-refractivity contribution is 7.16. The van der Waals surface area contributed by atoms with Crippen LogP contribution < -0.4 is 0 Å². The minimum atomic E-state index is -0.831. The number of aromatic nitrogens is 1. The summed E-state index contributed by atoms with van der Waals surface area (Å²) in [5.41, 5.74) is 4.83. The molecule has 0 radical (unpaired) electrons. The molecule has 0 unspecified atom stereocenters. The maximum Gasteiger partial charge on any atom is 0.307 e. The van der Waals surface area contributed by atoms with Crippen LogP contribution in [0.5, 0.6) is 0 Å². The van der Waals surface area contributed by atoms with Crippen LogP contribution in [-0.4, -0.2) is 16.1 Å². The van der Waals surface area contributed by atoms with Crippen molar-refractivity contribution < 1.29 is 9.90 Å². The van der Waals surface area contributed by atoms with E-state index >= 15 is 0 Å². The summed E-state index contributed by atoms with van der Waals surface area (Å²) < 4.78 is 0. The summed E-state index contributed by atoms with van der Waals surface area (Å²) in [6, 6.07) is 10.2. The molecule has 3 rings (SSSR count). The first-order valence-corrected chi connectivity index (χ1v) is 7.59. The van der Waals surface area contributed by atoms with E-state index in [9.17, 15) is 9.90 Å². The summed E-state index contributed by atoms with van der Waals surface area (Å²) in [7, 11) is 0. The maximum atomic E-state index is 11.2. The zero-order valence-electron chi connectivity index (χ0n) is 11.9. The van der Waals surface area contributed by atoms with Gasteiger partial charge < -0.3 is 5.11 Å². The second kappa shape index (κ2) is 5.30. The third-order valence-electron chi connectivity index (χ3n) is 3.59. The Morgan fingerprint density at radius 2 is 1.90 bits per heavy atom. The van der Waals surface area contributed by atoms with E-state index in [0.29, 0.717) is 0 Å². The van der Waals surface area contributed by atoms with E-state index in [4.69, 9.17) is 0 Å². The predicted octanol–water partition coefficient (Wildman–Crippen LogP) is 4.21. The van der Waals surface area contributed by atoms with Gasteiger partial charge in [-0.25, -0.2) is 4.98 Å². The Hall–Kier alpha value is -2.20. The van der Waals surface area contributed by atoms with E-state index in [0.717, 1.165) is 32.6 Å². The Balaban J connectivity index is 2.33. The number of hydrogen-bond acceptors (Lipinski definition) is 3. The van der Waals surface area contributed by atoms with Crippen molar-refractivity contribution in [3.8, 4) is 11.1 Å². The Kier molecular flexibility index (Phi) is 3.47. The van der Waals surface area contributed by atoms with Crippen molar-refractivity contribution in [1.82, 2.24) is 4.98 Å². The van der Waals surface area contributed by atoms with E-state index in [1.54, 1.807) is 11.3 Å². The van der Waals surface area contributed by atoms with Crippen molar-refractivity contribution in [3.63, 3.8) is 0 Å². The third-order valence-corrected chi connectivity index (χ3v) is 4.40. The fraction of sp³-hybridized carbons (Fsp3) is 0.176. The highest BCUT2D eigenvalue weighted by Crippen LogP contribution is 2.35. The first kappa shape index (κ1) is 13.8.